The second-order valence-corrected chi connectivity index (χ2v) is 15.5. The zero-order valence-electron chi connectivity index (χ0n) is 33.9. The maximum atomic E-state index is 12.2. The number of amides is 1. The summed E-state index contributed by atoms with van der Waals surface area (Å²) in [5.74, 6) is -0.0680. The Balaban J connectivity index is 3.31. The Bertz CT molecular complexity index is 720. The van der Waals surface area contributed by atoms with Crippen molar-refractivity contribution in [2.75, 3.05) is 6.61 Å². The fourth-order valence-corrected chi connectivity index (χ4v) is 6.94. The van der Waals surface area contributed by atoms with E-state index >= 15 is 0 Å². The third-order valence-corrected chi connectivity index (χ3v) is 10.4. The molecule has 0 aromatic carbocycles. The highest BCUT2D eigenvalue weighted by Crippen LogP contribution is 2.16. The molecule has 4 nitrogen and oxygen atoms in total. The predicted octanol–water partition coefficient (Wildman–Crippen LogP) is 14.0. The molecule has 0 aliphatic rings. The first kappa shape index (κ1) is 48.9. The van der Waals surface area contributed by atoms with Crippen molar-refractivity contribution in [3.8, 4) is 0 Å². The van der Waals surface area contributed by atoms with Gasteiger partial charge in [-0.2, -0.15) is 0 Å². The highest BCUT2D eigenvalue weighted by molar-refractivity contribution is 5.76. The van der Waals surface area contributed by atoms with Gasteiger partial charge in [0, 0.05) is 6.42 Å². The lowest BCUT2D eigenvalue weighted by atomic mass is 10.0. The molecule has 0 aromatic heterocycles. The molecule has 0 spiro atoms. The molecule has 0 radical (unpaired) electrons. The fraction of sp³-hybridized carbons (Fsp3) is 0.891. The zero-order chi connectivity index (χ0) is 36.4. The van der Waals surface area contributed by atoms with Gasteiger partial charge in [0.05, 0.1) is 18.8 Å². The number of hydrogen-bond acceptors (Lipinski definition) is 3. The molecule has 4 heteroatoms. The summed E-state index contributed by atoms with van der Waals surface area (Å²) in [5, 5.41) is 22.6. The van der Waals surface area contributed by atoms with Gasteiger partial charge in [0.2, 0.25) is 5.91 Å². The van der Waals surface area contributed by atoms with E-state index in [4.69, 9.17) is 0 Å². The van der Waals surface area contributed by atoms with E-state index < -0.39 is 12.1 Å². The molecular weight excluding hydrogens is 615 g/mol. The van der Waals surface area contributed by atoms with E-state index in [1.807, 2.05) is 6.08 Å². The van der Waals surface area contributed by atoms with Crippen molar-refractivity contribution in [3.05, 3.63) is 24.3 Å². The molecule has 0 aromatic rings. The van der Waals surface area contributed by atoms with Crippen molar-refractivity contribution in [1.29, 1.82) is 0 Å². The summed E-state index contributed by atoms with van der Waals surface area (Å²) in [5.41, 5.74) is 0. The van der Waals surface area contributed by atoms with Crippen LogP contribution in [0.25, 0.3) is 0 Å². The summed E-state index contributed by atoms with van der Waals surface area (Å²) in [6.45, 7) is 4.22. The van der Waals surface area contributed by atoms with Gasteiger partial charge in [-0.3, -0.25) is 4.79 Å². The lowest BCUT2D eigenvalue weighted by Gasteiger charge is -2.20. The summed E-state index contributed by atoms with van der Waals surface area (Å²) in [6, 6.07) is -0.614. The van der Waals surface area contributed by atoms with Crippen LogP contribution in [0.1, 0.15) is 245 Å². The first-order valence-electron chi connectivity index (χ1n) is 22.6. The average Bonchev–Trinajstić information content (AvgIpc) is 3.12. The number of hydrogen-bond donors (Lipinski definition) is 3. The van der Waals surface area contributed by atoms with Crippen LogP contribution in [-0.4, -0.2) is 34.9 Å². The summed E-state index contributed by atoms with van der Waals surface area (Å²) < 4.78 is 0. The minimum atomic E-state index is -0.831. The number of carbonyl (C=O) groups excluding carboxylic acids is 1. The van der Waals surface area contributed by atoms with E-state index in [-0.39, 0.29) is 12.5 Å². The molecular formula is C46H89NO3. The molecule has 2 unspecified atom stereocenters. The molecule has 0 saturated heterocycles. The molecule has 0 aliphatic heterocycles. The third-order valence-electron chi connectivity index (χ3n) is 10.4. The van der Waals surface area contributed by atoms with Crippen LogP contribution >= 0.6 is 0 Å². The van der Waals surface area contributed by atoms with Crippen molar-refractivity contribution in [2.45, 2.75) is 257 Å². The van der Waals surface area contributed by atoms with Gasteiger partial charge in [-0.05, 0) is 44.9 Å². The average molecular weight is 704 g/mol. The highest BCUT2D eigenvalue weighted by atomic mass is 16.3. The van der Waals surface area contributed by atoms with Gasteiger partial charge < -0.3 is 15.5 Å². The van der Waals surface area contributed by atoms with Crippen molar-refractivity contribution >= 4 is 5.91 Å². The SMILES string of the molecule is CCCCC/C=C/C(O)C(CO)NC(=O)CCCCCCCCCCCCCCCCCCCCCCC/C=C\CCCCCCCCCC. The van der Waals surface area contributed by atoms with E-state index in [0.29, 0.717) is 6.42 Å². The van der Waals surface area contributed by atoms with E-state index in [9.17, 15) is 15.0 Å². The minimum absolute atomic E-state index is 0.0680. The molecule has 0 bridgehead atoms. The molecule has 296 valence electrons. The van der Waals surface area contributed by atoms with Gasteiger partial charge in [0.1, 0.15) is 0 Å². The summed E-state index contributed by atoms with van der Waals surface area (Å²) in [7, 11) is 0. The number of rotatable bonds is 41. The number of aliphatic hydroxyl groups is 2. The van der Waals surface area contributed by atoms with Gasteiger partial charge in [-0.15, -0.1) is 0 Å². The number of carbonyl (C=O) groups is 1. The molecule has 2 atom stereocenters. The van der Waals surface area contributed by atoms with Crippen molar-refractivity contribution in [2.24, 2.45) is 0 Å². The quantitative estimate of drug-likeness (QED) is 0.0438. The van der Waals surface area contributed by atoms with Crippen LogP contribution in [-0.2, 0) is 4.79 Å². The van der Waals surface area contributed by atoms with E-state index in [2.05, 4.69) is 31.3 Å². The summed E-state index contributed by atoms with van der Waals surface area (Å²) in [4.78, 5) is 12.2. The van der Waals surface area contributed by atoms with Gasteiger partial charge in [-0.1, -0.05) is 218 Å². The lowest BCUT2D eigenvalue weighted by Crippen LogP contribution is -2.45. The Labute approximate surface area is 313 Å². The molecule has 3 N–H and O–H groups in total. The van der Waals surface area contributed by atoms with Crippen LogP contribution in [0.3, 0.4) is 0 Å². The summed E-state index contributed by atoms with van der Waals surface area (Å²) in [6.07, 6.45) is 54.9. The molecule has 0 heterocycles. The highest BCUT2D eigenvalue weighted by Gasteiger charge is 2.17. The molecule has 1 amide bonds. The van der Waals surface area contributed by atoms with Crippen LogP contribution in [0.2, 0.25) is 0 Å². The zero-order valence-corrected chi connectivity index (χ0v) is 33.9. The summed E-state index contributed by atoms with van der Waals surface area (Å²) >= 11 is 0. The number of unbranched alkanes of at least 4 members (excludes halogenated alkanes) is 32. The second kappa shape index (κ2) is 42.3. The van der Waals surface area contributed by atoms with Gasteiger partial charge in [-0.25, -0.2) is 0 Å². The lowest BCUT2D eigenvalue weighted by molar-refractivity contribution is -0.123. The molecule has 0 aliphatic carbocycles. The van der Waals surface area contributed by atoms with Crippen molar-refractivity contribution < 1.29 is 15.0 Å². The Morgan fingerprint density at radius 1 is 0.460 bits per heavy atom. The monoisotopic (exact) mass is 704 g/mol. The predicted molar refractivity (Wildman–Crippen MR) is 221 cm³/mol. The second-order valence-electron chi connectivity index (χ2n) is 15.5. The Kier molecular flexibility index (Phi) is 41.3. The molecule has 0 fully saturated rings. The Hall–Kier alpha value is -1.13. The maximum absolute atomic E-state index is 12.2. The van der Waals surface area contributed by atoms with E-state index in [1.54, 1.807) is 6.08 Å². The van der Waals surface area contributed by atoms with Crippen LogP contribution in [0.15, 0.2) is 24.3 Å². The van der Waals surface area contributed by atoms with Gasteiger partial charge in [0.25, 0.3) is 0 Å². The largest absolute Gasteiger partial charge is 0.394 e. The van der Waals surface area contributed by atoms with Crippen LogP contribution in [0.4, 0.5) is 0 Å². The number of allylic oxidation sites excluding steroid dienone is 3. The molecule has 50 heavy (non-hydrogen) atoms. The van der Waals surface area contributed by atoms with Gasteiger partial charge >= 0.3 is 0 Å². The maximum Gasteiger partial charge on any atom is 0.220 e. The van der Waals surface area contributed by atoms with Gasteiger partial charge in [0.15, 0.2) is 0 Å². The smallest absolute Gasteiger partial charge is 0.220 e. The third kappa shape index (κ3) is 38.1. The molecule has 0 saturated carbocycles. The molecule has 0 rings (SSSR count). The Morgan fingerprint density at radius 3 is 1.14 bits per heavy atom. The van der Waals surface area contributed by atoms with Crippen LogP contribution in [0.5, 0.6) is 0 Å². The standard InChI is InChI=1S/C46H89NO3/c1-3-5-7-9-10-11-12-13-14-15-16-17-18-19-20-21-22-23-24-25-26-27-28-29-30-31-32-33-34-35-36-38-40-42-46(50)47-44(43-48)45(49)41-39-37-8-6-4-2/h15-16,39,41,44-45,48-49H,3-14,17-38,40,42-43H2,1-2H3,(H,47,50)/b16-15-,41-39+. The van der Waals surface area contributed by atoms with Crippen LogP contribution < -0.4 is 5.32 Å². The van der Waals surface area contributed by atoms with Crippen LogP contribution in [0, 0.1) is 0 Å². The number of aliphatic hydroxyl groups excluding tert-OH is 2. The van der Waals surface area contributed by atoms with Crippen molar-refractivity contribution in [1.82, 2.24) is 5.32 Å². The van der Waals surface area contributed by atoms with E-state index in [0.717, 1.165) is 25.7 Å². The number of nitrogens with one attached hydrogen (secondary N) is 1. The first-order valence-corrected chi connectivity index (χ1v) is 22.6. The van der Waals surface area contributed by atoms with E-state index in [1.165, 1.54) is 199 Å². The first-order chi connectivity index (χ1) is 24.7. The Morgan fingerprint density at radius 2 is 0.760 bits per heavy atom. The fourth-order valence-electron chi connectivity index (χ4n) is 6.94. The minimum Gasteiger partial charge on any atom is -0.394 e. The normalized spacial score (nSPS) is 13.1. The van der Waals surface area contributed by atoms with Crippen molar-refractivity contribution in [3.63, 3.8) is 0 Å². The topological polar surface area (TPSA) is 69.6 Å².